The van der Waals surface area contributed by atoms with Gasteiger partial charge >= 0.3 is 7.67 Å². The van der Waals surface area contributed by atoms with E-state index in [1.54, 1.807) is 14.1 Å². The zero-order valence-corrected chi connectivity index (χ0v) is 9.38. The van der Waals surface area contributed by atoms with Gasteiger partial charge in [0.15, 0.2) is 0 Å². The first-order valence-corrected chi connectivity index (χ1v) is 5.68. The minimum Gasteiger partial charge on any atom is -0.322 e. The molecule has 0 aromatic heterocycles. The third-order valence-corrected chi connectivity index (χ3v) is 4.52. The maximum Gasteiger partial charge on any atom is 0.343 e. The molecule has 74 valence electrons. The van der Waals surface area contributed by atoms with E-state index in [1.807, 2.05) is 20.8 Å². The molecule has 0 heterocycles. The van der Waals surface area contributed by atoms with Crippen molar-refractivity contribution in [3.05, 3.63) is 0 Å². The van der Waals surface area contributed by atoms with E-state index >= 15 is 0 Å². The van der Waals surface area contributed by atoms with E-state index < -0.39 is 7.67 Å². The first-order valence-electron chi connectivity index (χ1n) is 4.11. The van der Waals surface area contributed by atoms with Gasteiger partial charge < -0.3 is 4.89 Å². The summed E-state index contributed by atoms with van der Waals surface area (Å²) in [5.41, 5.74) is 0. The van der Waals surface area contributed by atoms with Gasteiger partial charge in [-0.05, 0) is 27.9 Å². The standard InChI is InChI=1S/C7H19N2O2P/c1-6-8(4)12(10,11)9(5)7(2)3/h7H,6H2,1-5H3,(H,10,11). The van der Waals surface area contributed by atoms with Crippen LogP contribution in [0.25, 0.3) is 0 Å². The maximum absolute atomic E-state index is 11.7. The first-order chi connectivity index (χ1) is 5.34. The molecule has 0 aromatic carbocycles. The minimum absolute atomic E-state index is 0.0785. The van der Waals surface area contributed by atoms with Crippen LogP contribution in [0.5, 0.6) is 0 Å². The van der Waals surface area contributed by atoms with Crippen molar-refractivity contribution in [2.75, 3.05) is 20.6 Å². The van der Waals surface area contributed by atoms with Crippen LogP contribution in [0.15, 0.2) is 0 Å². The second-order valence-corrected chi connectivity index (χ2v) is 5.49. The Hall–Kier alpha value is 0.110. The van der Waals surface area contributed by atoms with Gasteiger partial charge in [-0.1, -0.05) is 6.92 Å². The van der Waals surface area contributed by atoms with Crippen molar-refractivity contribution in [3.63, 3.8) is 0 Å². The molecule has 0 amide bonds. The molecule has 0 aliphatic rings. The van der Waals surface area contributed by atoms with Crippen LogP contribution in [-0.4, -0.2) is 40.9 Å². The van der Waals surface area contributed by atoms with Gasteiger partial charge in [-0.3, -0.25) is 4.57 Å². The fraction of sp³-hybridized carbons (Fsp3) is 1.00. The Labute approximate surface area is 74.7 Å². The summed E-state index contributed by atoms with van der Waals surface area (Å²) in [6.07, 6.45) is 0. The van der Waals surface area contributed by atoms with Crippen molar-refractivity contribution in [1.82, 2.24) is 9.34 Å². The molecular formula is C7H19N2O2P. The van der Waals surface area contributed by atoms with Crippen LogP contribution in [0.4, 0.5) is 0 Å². The monoisotopic (exact) mass is 194 g/mol. The molecule has 4 nitrogen and oxygen atoms in total. The minimum atomic E-state index is -3.26. The predicted octanol–water partition coefficient (Wildman–Crippen LogP) is 1.38. The summed E-state index contributed by atoms with van der Waals surface area (Å²) in [6, 6.07) is 0.0785. The van der Waals surface area contributed by atoms with Crippen molar-refractivity contribution in [1.29, 1.82) is 0 Å². The molecule has 0 aromatic rings. The molecule has 1 unspecified atom stereocenters. The molecule has 1 atom stereocenters. The highest BCUT2D eigenvalue weighted by Crippen LogP contribution is 2.47. The number of hydrogen-bond acceptors (Lipinski definition) is 1. The molecule has 0 rings (SSSR count). The third-order valence-electron chi connectivity index (χ3n) is 2.06. The van der Waals surface area contributed by atoms with Crippen LogP contribution >= 0.6 is 7.67 Å². The molecule has 0 bridgehead atoms. The lowest BCUT2D eigenvalue weighted by Gasteiger charge is -2.31. The number of nitrogens with zero attached hydrogens (tertiary/aromatic N) is 2. The lowest BCUT2D eigenvalue weighted by molar-refractivity contribution is 0.287. The number of rotatable bonds is 4. The Morgan fingerprint density at radius 3 is 2.08 bits per heavy atom. The molecule has 1 N–H and O–H groups in total. The highest BCUT2D eigenvalue weighted by atomic mass is 31.2. The summed E-state index contributed by atoms with van der Waals surface area (Å²) in [4.78, 5) is 9.63. The van der Waals surface area contributed by atoms with Crippen molar-refractivity contribution < 1.29 is 9.46 Å². The Kier molecular flexibility index (Phi) is 4.42. The summed E-state index contributed by atoms with van der Waals surface area (Å²) < 4.78 is 14.7. The van der Waals surface area contributed by atoms with E-state index in [9.17, 15) is 9.46 Å². The Bertz CT molecular complexity index is 184. The molecule has 0 spiro atoms. The zero-order chi connectivity index (χ0) is 9.94. The summed E-state index contributed by atoms with van der Waals surface area (Å²) >= 11 is 0. The largest absolute Gasteiger partial charge is 0.343 e. The molecule has 0 aliphatic carbocycles. The van der Waals surface area contributed by atoms with Gasteiger partial charge in [0.2, 0.25) is 0 Å². The number of hydrogen-bond donors (Lipinski definition) is 1. The first kappa shape index (κ1) is 12.1. The summed E-state index contributed by atoms with van der Waals surface area (Å²) in [5, 5.41) is 0. The molecule has 0 saturated heterocycles. The van der Waals surface area contributed by atoms with E-state index in [0.717, 1.165) is 0 Å². The van der Waals surface area contributed by atoms with Crippen LogP contribution in [0.3, 0.4) is 0 Å². The third kappa shape index (κ3) is 2.56. The summed E-state index contributed by atoms with van der Waals surface area (Å²) in [6.45, 7) is 6.22. The molecular weight excluding hydrogens is 175 g/mol. The maximum atomic E-state index is 11.7. The Morgan fingerprint density at radius 1 is 1.42 bits per heavy atom. The lowest BCUT2D eigenvalue weighted by Crippen LogP contribution is -2.31. The second kappa shape index (κ2) is 4.38. The van der Waals surface area contributed by atoms with Gasteiger partial charge in [0.05, 0.1) is 0 Å². The molecule has 0 fully saturated rings. The van der Waals surface area contributed by atoms with Crippen LogP contribution in [0, 0.1) is 0 Å². The lowest BCUT2D eigenvalue weighted by atomic mass is 10.4. The molecule has 5 heteroatoms. The fourth-order valence-corrected chi connectivity index (χ4v) is 2.18. The predicted molar refractivity (Wildman–Crippen MR) is 51.0 cm³/mol. The van der Waals surface area contributed by atoms with Crippen LogP contribution < -0.4 is 0 Å². The van der Waals surface area contributed by atoms with Gasteiger partial charge in [0, 0.05) is 12.6 Å². The van der Waals surface area contributed by atoms with Crippen LogP contribution in [-0.2, 0) is 4.57 Å². The van der Waals surface area contributed by atoms with Gasteiger partial charge in [0.25, 0.3) is 0 Å². The average molecular weight is 194 g/mol. The quantitative estimate of drug-likeness (QED) is 0.686. The van der Waals surface area contributed by atoms with E-state index in [0.29, 0.717) is 6.54 Å². The average Bonchev–Trinajstić information content (AvgIpc) is 2.01. The van der Waals surface area contributed by atoms with E-state index in [-0.39, 0.29) is 6.04 Å². The highest BCUT2D eigenvalue weighted by molar-refractivity contribution is 7.52. The van der Waals surface area contributed by atoms with Crippen molar-refractivity contribution in [2.24, 2.45) is 0 Å². The van der Waals surface area contributed by atoms with Gasteiger partial charge in [0.1, 0.15) is 0 Å². The smallest absolute Gasteiger partial charge is 0.322 e. The SMILES string of the molecule is CCN(C)P(=O)(O)N(C)C(C)C. The molecule has 0 aliphatic heterocycles. The van der Waals surface area contributed by atoms with Crippen LogP contribution in [0.2, 0.25) is 0 Å². The van der Waals surface area contributed by atoms with Crippen molar-refractivity contribution in [2.45, 2.75) is 26.8 Å². The summed E-state index contributed by atoms with van der Waals surface area (Å²) in [7, 11) is 0.0526. The summed E-state index contributed by atoms with van der Waals surface area (Å²) in [5.74, 6) is 0. The van der Waals surface area contributed by atoms with E-state index in [1.165, 1.54) is 9.34 Å². The van der Waals surface area contributed by atoms with Gasteiger partial charge in [-0.25, -0.2) is 9.34 Å². The highest BCUT2D eigenvalue weighted by Gasteiger charge is 2.30. The Morgan fingerprint density at radius 2 is 1.83 bits per heavy atom. The van der Waals surface area contributed by atoms with Crippen LogP contribution in [0.1, 0.15) is 20.8 Å². The van der Waals surface area contributed by atoms with Crippen molar-refractivity contribution in [3.8, 4) is 0 Å². The van der Waals surface area contributed by atoms with Gasteiger partial charge in [-0.15, -0.1) is 0 Å². The molecule has 12 heavy (non-hydrogen) atoms. The molecule has 0 radical (unpaired) electrons. The van der Waals surface area contributed by atoms with Gasteiger partial charge in [-0.2, -0.15) is 0 Å². The normalized spacial score (nSPS) is 17.4. The molecule has 0 saturated carbocycles. The zero-order valence-electron chi connectivity index (χ0n) is 8.48. The van der Waals surface area contributed by atoms with Crippen molar-refractivity contribution >= 4 is 7.67 Å². The topological polar surface area (TPSA) is 43.8 Å². The van der Waals surface area contributed by atoms with E-state index in [2.05, 4.69) is 0 Å². The second-order valence-electron chi connectivity index (χ2n) is 3.15. The fourth-order valence-electron chi connectivity index (χ4n) is 0.726. The Balaban J connectivity index is 4.49. The van der Waals surface area contributed by atoms with E-state index in [4.69, 9.17) is 0 Å².